The third-order valence-corrected chi connectivity index (χ3v) is 3.72. The summed E-state index contributed by atoms with van der Waals surface area (Å²) in [4.78, 5) is 25.4. The lowest BCUT2D eigenvalue weighted by atomic mass is 10.2. The highest BCUT2D eigenvalue weighted by atomic mass is 16.2. The summed E-state index contributed by atoms with van der Waals surface area (Å²) in [7, 11) is 1.74. The van der Waals surface area contributed by atoms with Crippen LogP contribution in [0.1, 0.15) is 41.8 Å². The van der Waals surface area contributed by atoms with Crippen LogP contribution in [0.3, 0.4) is 0 Å². The maximum absolute atomic E-state index is 12.6. The number of nitrogens with zero attached hydrogens (tertiary/aromatic N) is 5. The summed E-state index contributed by atoms with van der Waals surface area (Å²) in [6, 6.07) is 7.21. The lowest BCUT2D eigenvalue weighted by Gasteiger charge is -2.09. The van der Waals surface area contributed by atoms with Gasteiger partial charge in [-0.3, -0.25) is 14.5 Å². The molecule has 7 heteroatoms. The average molecular weight is 336 g/mol. The Morgan fingerprint density at radius 2 is 1.88 bits per heavy atom. The number of anilines is 1. The Hall–Kier alpha value is -3.09. The minimum atomic E-state index is -0.261. The Bertz CT molecular complexity index is 901. The number of pyridine rings is 1. The number of aryl methyl sites for hydroxylation is 2. The molecular weight excluding hydrogens is 316 g/mol. The summed E-state index contributed by atoms with van der Waals surface area (Å²) in [5.41, 5.74) is 2.90. The zero-order valence-corrected chi connectivity index (χ0v) is 14.7. The maximum Gasteiger partial charge on any atom is 0.275 e. The van der Waals surface area contributed by atoms with Crippen LogP contribution in [0.4, 0.5) is 5.82 Å². The van der Waals surface area contributed by atoms with Gasteiger partial charge in [-0.05, 0) is 25.1 Å². The zero-order valence-electron chi connectivity index (χ0n) is 14.7. The predicted octanol–water partition coefficient (Wildman–Crippen LogP) is 2.96. The second-order valence-corrected chi connectivity index (χ2v) is 6.14. The van der Waals surface area contributed by atoms with Gasteiger partial charge in [-0.15, -0.1) is 0 Å². The van der Waals surface area contributed by atoms with Crippen molar-refractivity contribution in [1.29, 1.82) is 0 Å². The number of carbonyl (C=O) groups excluding carboxylic acids is 1. The summed E-state index contributed by atoms with van der Waals surface area (Å²) >= 11 is 0. The van der Waals surface area contributed by atoms with Crippen molar-refractivity contribution >= 4 is 11.7 Å². The van der Waals surface area contributed by atoms with Crippen LogP contribution in [-0.2, 0) is 7.05 Å². The first-order valence-corrected chi connectivity index (χ1v) is 8.05. The fourth-order valence-corrected chi connectivity index (χ4v) is 2.44. The molecule has 0 aromatic carbocycles. The molecule has 0 aliphatic heterocycles. The fourth-order valence-electron chi connectivity index (χ4n) is 2.44. The molecule has 128 valence electrons. The summed E-state index contributed by atoms with van der Waals surface area (Å²) in [5, 5.41) is 7.24. The van der Waals surface area contributed by atoms with Gasteiger partial charge in [-0.2, -0.15) is 5.10 Å². The van der Waals surface area contributed by atoms with Crippen LogP contribution in [0.25, 0.3) is 11.3 Å². The molecule has 3 rings (SSSR count). The molecule has 1 amide bonds. The van der Waals surface area contributed by atoms with Gasteiger partial charge in [-0.1, -0.05) is 13.8 Å². The van der Waals surface area contributed by atoms with Crippen molar-refractivity contribution in [3.8, 4) is 11.3 Å². The number of nitrogens with one attached hydrogen (secondary N) is 1. The van der Waals surface area contributed by atoms with Gasteiger partial charge in [0.15, 0.2) is 0 Å². The van der Waals surface area contributed by atoms with Gasteiger partial charge < -0.3 is 5.32 Å². The molecule has 7 nitrogen and oxygen atoms in total. The Kier molecular flexibility index (Phi) is 4.56. The molecule has 0 aliphatic rings. The second-order valence-electron chi connectivity index (χ2n) is 6.14. The molecule has 0 saturated carbocycles. The molecule has 3 aromatic heterocycles. The average Bonchev–Trinajstić information content (AvgIpc) is 2.97. The van der Waals surface area contributed by atoms with Gasteiger partial charge in [0, 0.05) is 42.7 Å². The summed E-state index contributed by atoms with van der Waals surface area (Å²) in [6.45, 7) is 5.92. The number of carbonyl (C=O) groups is 1. The summed E-state index contributed by atoms with van der Waals surface area (Å²) in [5.74, 6) is 1.12. The van der Waals surface area contributed by atoms with E-state index in [0.29, 0.717) is 17.3 Å². The minimum absolute atomic E-state index is 0.186. The molecule has 0 atom stereocenters. The summed E-state index contributed by atoms with van der Waals surface area (Å²) < 4.78 is 1.56. The SMILES string of the molecule is Cc1cc(NC(=O)c2cc(-c3ccncc3)nn2C)nc(C(C)C)n1. The second kappa shape index (κ2) is 6.80. The zero-order chi connectivity index (χ0) is 18.0. The van der Waals surface area contributed by atoms with E-state index in [0.717, 1.165) is 17.0 Å². The molecule has 0 radical (unpaired) electrons. The van der Waals surface area contributed by atoms with Crippen molar-refractivity contribution in [2.45, 2.75) is 26.7 Å². The topological polar surface area (TPSA) is 85.6 Å². The molecule has 0 bridgehead atoms. The standard InChI is InChI=1S/C18H20N6O/c1-11(2)17-20-12(3)9-16(21-17)22-18(25)15-10-14(23-24(15)4)13-5-7-19-8-6-13/h5-11H,1-4H3,(H,20,21,22,25). The van der Waals surface area contributed by atoms with E-state index in [-0.39, 0.29) is 11.8 Å². The van der Waals surface area contributed by atoms with E-state index in [1.54, 1.807) is 36.3 Å². The molecule has 0 aliphatic carbocycles. The summed E-state index contributed by atoms with van der Waals surface area (Å²) in [6.07, 6.45) is 3.39. The van der Waals surface area contributed by atoms with Crippen molar-refractivity contribution in [1.82, 2.24) is 24.7 Å². The molecule has 0 spiro atoms. The Balaban J connectivity index is 1.86. The monoisotopic (exact) mass is 336 g/mol. The molecule has 3 heterocycles. The Labute approximate surface area is 146 Å². The molecule has 3 aromatic rings. The number of hydrogen-bond donors (Lipinski definition) is 1. The first kappa shape index (κ1) is 16.8. The molecule has 1 N–H and O–H groups in total. The lowest BCUT2D eigenvalue weighted by Crippen LogP contribution is -2.17. The van der Waals surface area contributed by atoms with Gasteiger partial charge in [0.05, 0.1) is 5.69 Å². The van der Waals surface area contributed by atoms with E-state index in [4.69, 9.17) is 0 Å². The van der Waals surface area contributed by atoms with Gasteiger partial charge in [0.25, 0.3) is 5.91 Å². The van der Waals surface area contributed by atoms with E-state index in [1.165, 1.54) is 0 Å². The number of rotatable bonds is 4. The van der Waals surface area contributed by atoms with Gasteiger partial charge in [0.2, 0.25) is 0 Å². The normalized spacial score (nSPS) is 10.9. The van der Waals surface area contributed by atoms with Crippen LogP contribution in [0.2, 0.25) is 0 Å². The van der Waals surface area contributed by atoms with Gasteiger partial charge >= 0.3 is 0 Å². The highest BCUT2D eigenvalue weighted by Gasteiger charge is 2.16. The van der Waals surface area contributed by atoms with Crippen molar-refractivity contribution in [3.05, 3.63) is 53.9 Å². The van der Waals surface area contributed by atoms with Crippen LogP contribution >= 0.6 is 0 Å². The van der Waals surface area contributed by atoms with Crippen molar-refractivity contribution in [3.63, 3.8) is 0 Å². The number of aromatic nitrogens is 5. The van der Waals surface area contributed by atoms with Crippen LogP contribution in [0.5, 0.6) is 0 Å². The quantitative estimate of drug-likeness (QED) is 0.791. The molecule has 0 unspecified atom stereocenters. The third-order valence-electron chi connectivity index (χ3n) is 3.72. The Morgan fingerprint density at radius 1 is 1.16 bits per heavy atom. The van der Waals surface area contributed by atoms with Crippen LogP contribution in [0.15, 0.2) is 36.7 Å². The van der Waals surface area contributed by atoms with E-state index in [9.17, 15) is 4.79 Å². The molecule has 0 fully saturated rings. The van der Waals surface area contributed by atoms with Gasteiger partial charge in [0.1, 0.15) is 17.3 Å². The van der Waals surface area contributed by atoms with Crippen LogP contribution < -0.4 is 5.32 Å². The largest absolute Gasteiger partial charge is 0.305 e. The number of hydrogen-bond acceptors (Lipinski definition) is 5. The molecule has 0 saturated heterocycles. The Morgan fingerprint density at radius 3 is 2.56 bits per heavy atom. The van der Waals surface area contributed by atoms with Crippen molar-refractivity contribution in [2.24, 2.45) is 7.05 Å². The maximum atomic E-state index is 12.6. The van der Waals surface area contributed by atoms with E-state index < -0.39 is 0 Å². The van der Waals surface area contributed by atoms with Crippen LogP contribution in [-0.4, -0.2) is 30.6 Å². The number of amides is 1. The van der Waals surface area contributed by atoms with E-state index >= 15 is 0 Å². The lowest BCUT2D eigenvalue weighted by molar-refractivity contribution is 0.101. The third kappa shape index (κ3) is 3.71. The smallest absolute Gasteiger partial charge is 0.275 e. The highest BCUT2D eigenvalue weighted by Crippen LogP contribution is 2.19. The van der Waals surface area contributed by atoms with Gasteiger partial charge in [-0.25, -0.2) is 9.97 Å². The molecule has 25 heavy (non-hydrogen) atoms. The van der Waals surface area contributed by atoms with Crippen molar-refractivity contribution in [2.75, 3.05) is 5.32 Å². The van der Waals surface area contributed by atoms with Crippen LogP contribution in [0, 0.1) is 6.92 Å². The molecular formula is C18H20N6O. The van der Waals surface area contributed by atoms with E-state index in [2.05, 4.69) is 25.4 Å². The minimum Gasteiger partial charge on any atom is -0.305 e. The predicted molar refractivity (Wildman–Crippen MR) is 95.3 cm³/mol. The fraction of sp³-hybridized carbons (Fsp3) is 0.278. The highest BCUT2D eigenvalue weighted by molar-refractivity contribution is 6.03. The van der Waals surface area contributed by atoms with E-state index in [1.807, 2.05) is 32.9 Å². The first-order valence-electron chi connectivity index (χ1n) is 8.05. The van der Waals surface area contributed by atoms with Crippen molar-refractivity contribution < 1.29 is 4.79 Å². The first-order chi connectivity index (χ1) is 11.9.